The lowest BCUT2D eigenvalue weighted by Crippen LogP contribution is -2.41. The lowest BCUT2D eigenvalue weighted by Gasteiger charge is -2.32. The molecule has 0 radical (unpaired) electrons. The van der Waals surface area contributed by atoms with Crippen molar-refractivity contribution >= 4 is 56.7 Å². The van der Waals surface area contributed by atoms with Crippen molar-refractivity contribution in [3.63, 3.8) is 0 Å². The third-order valence-corrected chi connectivity index (χ3v) is 12.0. The number of likely N-dealkylation sites (N-methyl/N-ethyl adjacent to an activating group) is 2. The number of carbonyl (C=O) groups is 2. The Morgan fingerprint density at radius 3 is 1.54 bits per heavy atom. The Labute approximate surface area is 400 Å². The topological polar surface area (TPSA) is 182 Å². The fourth-order valence-corrected chi connectivity index (χ4v) is 7.02. The van der Waals surface area contributed by atoms with E-state index in [1.54, 1.807) is 69.1 Å². The molecule has 6 aromatic rings. The first-order chi connectivity index (χ1) is 31.9. The van der Waals surface area contributed by atoms with Crippen molar-refractivity contribution in [2.24, 2.45) is 0 Å². The van der Waals surface area contributed by atoms with Crippen LogP contribution in [0.25, 0.3) is 44.1 Å². The standard InChI is InChI=1S/C26H35BN4O4.C21H23F3N4O5S/c1-24(2,3)33-23(32)30(8)11-12-31-17-20(16-29-31)19-13-18-14-21(9-10-22(18)28-15-19)27-34-25(4,5)26(6,7)35-27;1-20(2,3)32-19(29)27(4)7-8-28-13-16(12-26-28)15-9-14-10-17(5-6-18(14)25-11-15)33-34(30,31)21(22,23)24/h9-10,13-17H,11-12H2,1-8H3;5-6,9-13H,7-8H2,1-4H3. The fourth-order valence-electron chi connectivity index (χ4n) is 6.56. The number of hydrogen-bond donors (Lipinski definition) is 0. The quantitative estimate of drug-likeness (QED) is 0.0686. The van der Waals surface area contributed by atoms with Crippen molar-refractivity contribution in [2.75, 3.05) is 27.2 Å². The second-order valence-electron chi connectivity index (χ2n) is 19.6. The molecule has 5 heterocycles. The molecule has 2 aromatic carbocycles. The van der Waals surface area contributed by atoms with E-state index in [-0.39, 0.29) is 6.09 Å². The van der Waals surface area contributed by atoms with E-state index in [9.17, 15) is 31.2 Å². The maximum Gasteiger partial charge on any atom is 0.534 e. The van der Waals surface area contributed by atoms with Crippen molar-refractivity contribution in [2.45, 2.75) is 110 Å². The molecule has 0 saturated carbocycles. The van der Waals surface area contributed by atoms with Crippen molar-refractivity contribution in [3.8, 4) is 28.0 Å². The number of benzene rings is 2. The average Bonchev–Trinajstić information content (AvgIpc) is 3.97. The normalized spacial score (nSPS) is 14.9. The van der Waals surface area contributed by atoms with Crippen LogP contribution in [0.4, 0.5) is 22.8 Å². The molecule has 1 aliphatic heterocycles. The summed E-state index contributed by atoms with van der Waals surface area (Å²) in [4.78, 5) is 36.1. The number of alkyl halides is 3. The molecule has 1 aliphatic rings. The van der Waals surface area contributed by atoms with E-state index in [1.807, 2.05) is 56.2 Å². The highest BCUT2D eigenvalue weighted by Crippen LogP contribution is 2.37. The van der Waals surface area contributed by atoms with Crippen LogP contribution in [0.2, 0.25) is 0 Å². The van der Waals surface area contributed by atoms with Gasteiger partial charge in [-0.3, -0.25) is 19.3 Å². The minimum atomic E-state index is -5.78. The molecule has 1 saturated heterocycles. The maximum absolute atomic E-state index is 12.6. The summed E-state index contributed by atoms with van der Waals surface area (Å²) in [5.41, 5.74) is -1.92. The smallest absolute Gasteiger partial charge is 0.444 e. The molecule has 0 unspecified atom stereocenters. The fraction of sp³-hybridized carbons (Fsp3) is 0.447. The lowest BCUT2D eigenvalue weighted by molar-refractivity contribution is -0.0500. The van der Waals surface area contributed by atoms with Gasteiger partial charge in [-0.25, -0.2) is 9.59 Å². The van der Waals surface area contributed by atoms with Crippen LogP contribution in [0, 0.1) is 0 Å². The van der Waals surface area contributed by atoms with E-state index in [0.717, 1.165) is 39.6 Å². The molecule has 0 spiro atoms. The van der Waals surface area contributed by atoms with E-state index in [0.29, 0.717) is 48.2 Å². The first-order valence-corrected chi connectivity index (χ1v) is 23.4. The number of amides is 2. The Hall–Kier alpha value is -6.26. The van der Waals surface area contributed by atoms with Gasteiger partial charge in [-0.1, -0.05) is 12.1 Å². The van der Waals surface area contributed by atoms with Gasteiger partial charge in [-0.2, -0.15) is 31.8 Å². The largest absolute Gasteiger partial charge is 0.534 e. The van der Waals surface area contributed by atoms with Crippen LogP contribution in [0.3, 0.4) is 0 Å². The molecular weight excluding hydrogens is 920 g/mol. The number of halogens is 3. The SMILES string of the molecule is CN(CCn1cc(-c2cnc3ccc(B4OC(C)(C)C(C)(C)O4)cc3c2)cn1)C(=O)OC(C)(C)C.CN(CCn1cc(-c2cnc3ccc(OS(=O)(=O)C(F)(F)F)cc3c2)cn1)C(=O)OC(C)(C)C. The predicted molar refractivity (Wildman–Crippen MR) is 255 cm³/mol. The van der Waals surface area contributed by atoms with Gasteiger partial charge < -0.3 is 32.8 Å². The first kappa shape index (κ1) is 52.1. The van der Waals surface area contributed by atoms with Gasteiger partial charge in [0, 0.05) is 85.0 Å². The summed E-state index contributed by atoms with van der Waals surface area (Å²) in [6.45, 7) is 20.9. The predicted octanol–water partition coefficient (Wildman–Crippen LogP) is 8.46. The van der Waals surface area contributed by atoms with Gasteiger partial charge in [-0.15, -0.1) is 0 Å². The minimum Gasteiger partial charge on any atom is -0.444 e. The van der Waals surface area contributed by atoms with Crippen LogP contribution < -0.4 is 9.65 Å². The van der Waals surface area contributed by atoms with Gasteiger partial charge >= 0.3 is 34.9 Å². The molecule has 69 heavy (non-hydrogen) atoms. The van der Waals surface area contributed by atoms with Crippen LogP contribution >= 0.6 is 0 Å². The van der Waals surface area contributed by atoms with E-state index in [2.05, 4.69) is 64.2 Å². The van der Waals surface area contributed by atoms with Gasteiger partial charge in [0.05, 0.1) is 47.7 Å². The maximum atomic E-state index is 12.6. The van der Waals surface area contributed by atoms with Crippen molar-refractivity contribution in [1.82, 2.24) is 39.3 Å². The zero-order valence-corrected chi connectivity index (χ0v) is 41.6. The molecule has 2 amide bonds. The second-order valence-corrected chi connectivity index (χ2v) is 21.2. The Morgan fingerprint density at radius 2 is 1.10 bits per heavy atom. The molecule has 17 nitrogen and oxygen atoms in total. The van der Waals surface area contributed by atoms with Crippen LogP contribution in [-0.2, 0) is 42.0 Å². The molecule has 1 fully saturated rings. The summed E-state index contributed by atoms with van der Waals surface area (Å²) in [5, 5.41) is 10.1. The molecule has 0 aliphatic carbocycles. The summed E-state index contributed by atoms with van der Waals surface area (Å²) < 4.78 is 91.0. The van der Waals surface area contributed by atoms with Crippen LogP contribution in [0.5, 0.6) is 5.75 Å². The van der Waals surface area contributed by atoms with Crippen molar-refractivity contribution in [3.05, 3.63) is 85.7 Å². The van der Waals surface area contributed by atoms with E-state index >= 15 is 0 Å². The minimum absolute atomic E-state index is 0.346. The number of aromatic nitrogens is 6. The lowest BCUT2D eigenvalue weighted by atomic mass is 9.78. The van der Waals surface area contributed by atoms with E-state index in [4.69, 9.17) is 18.8 Å². The zero-order chi connectivity index (χ0) is 50.9. The number of rotatable bonds is 11. The number of ether oxygens (including phenoxy) is 2. The highest BCUT2D eigenvalue weighted by Gasteiger charge is 2.52. The highest BCUT2D eigenvalue weighted by atomic mass is 32.2. The summed E-state index contributed by atoms with van der Waals surface area (Å²) in [5.74, 6) is -0.482. The zero-order valence-electron chi connectivity index (χ0n) is 40.8. The van der Waals surface area contributed by atoms with Crippen molar-refractivity contribution < 1.29 is 54.1 Å². The Bertz CT molecular complexity index is 2910. The summed E-state index contributed by atoms with van der Waals surface area (Å²) in [7, 11) is -2.86. The van der Waals surface area contributed by atoms with Gasteiger partial charge in [-0.05, 0) is 111 Å². The Balaban J connectivity index is 0.000000227. The molecule has 370 valence electrons. The third-order valence-electron chi connectivity index (χ3n) is 11.0. The number of fused-ring (bicyclic) bond motifs is 2. The Morgan fingerprint density at radius 1 is 0.667 bits per heavy atom. The molecule has 0 atom stereocenters. The van der Waals surface area contributed by atoms with Gasteiger partial charge in [0.1, 0.15) is 17.0 Å². The Kier molecular flexibility index (Phi) is 14.8. The first-order valence-electron chi connectivity index (χ1n) is 22.0. The van der Waals surface area contributed by atoms with Crippen molar-refractivity contribution in [1.29, 1.82) is 0 Å². The summed E-state index contributed by atoms with van der Waals surface area (Å²) >= 11 is 0. The van der Waals surface area contributed by atoms with Crippen LogP contribution in [-0.4, -0.2) is 122 Å². The molecule has 0 bridgehead atoms. The van der Waals surface area contributed by atoms with E-state index in [1.165, 1.54) is 11.0 Å². The number of carbonyl (C=O) groups excluding carboxylic acids is 2. The van der Waals surface area contributed by atoms with Crippen LogP contribution in [0.1, 0.15) is 69.2 Å². The average molecular weight is 979 g/mol. The number of pyridine rings is 2. The highest BCUT2D eigenvalue weighted by molar-refractivity contribution is 7.88. The molecule has 7 rings (SSSR count). The molecule has 22 heteroatoms. The number of hydrogen-bond acceptors (Lipinski definition) is 13. The molecular formula is C47H58BF3N8O9S. The van der Waals surface area contributed by atoms with Gasteiger partial charge in [0.15, 0.2) is 0 Å². The summed E-state index contributed by atoms with van der Waals surface area (Å²) in [6.07, 6.45) is 9.68. The third kappa shape index (κ3) is 13.3. The monoisotopic (exact) mass is 978 g/mol. The molecule has 0 N–H and O–H groups in total. The van der Waals surface area contributed by atoms with Gasteiger partial charge in [0.2, 0.25) is 0 Å². The van der Waals surface area contributed by atoms with Crippen LogP contribution in [0.15, 0.2) is 85.7 Å². The van der Waals surface area contributed by atoms with E-state index < -0.39 is 57.0 Å². The molecule has 4 aromatic heterocycles. The summed E-state index contributed by atoms with van der Waals surface area (Å²) in [6, 6.07) is 13.4. The second kappa shape index (κ2) is 19.6. The number of nitrogens with zero attached hydrogens (tertiary/aromatic N) is 8. The van der Waals surface area contributed by atoms with Gasteiger partial charge in [0.25, 0.3) is 0 Å².